The molecule has 1 saturated heterocycles. The lowest BCUT2D eigenvalue weighted by atomic mass is 9.96. The van der Waals surface area contributed by atoms with E-state index in [0.717, 1.165) is 45.1 Å². The minimum Gasteiger partial charge on any atom is -0.392 e. The van der Waals surface area contributed by atoms with E-state index in [4.69, 9.17) is 0 Å². The van der Waals surface area contributed by atoms with Crippen LogP contribution in [0.15, 0.2) is 0 Å². The Morgan fingerprint density at radius 2 is 1.85 bits per heavy atom. The van der Waals surface area contributed by atoms with Crippen LogP contribution in [-0.2, 0) is 4.79 Å². The lowest BCUT2D eigenvalue weighted by Crippen LogP contribution is -2.49. The third-order valence-electron chi connectivity index (χ3n) is 4.04. The first-order chi connectivity index (χ1) is 9.63. The van der Waals surface area contributed by atoms with E-state index >= 15 is 0 Å². The average molecular weight is 283 g/mol. The molecule has 0 spiro atoms. The molecule has 2 fully saturated rings. The number of piperidine rings is 1. The Morgan fingerprint density at radius 3 is 2.55 bits per heavy atom. The molecule has 6 nitrogen and oxygen atoms in total. The van der Waals surface area contributed by atoms with E-state index in [0.29, 0.717) is 6.54 Å². The van der Waals surface area contributed by atoms with Crippen LogP contribution < -0.4 is 10.6 Å². The van der Waals surface area contributed by atoms with Crippen molar-refractivity contribution in [2.24, 2.45) is 0 Å². The number of imide groups is 1. The molecule has 1 aliphatic carbocycles. The smallest absolute Gasteiger partial charge is 0.321 e. The summed E-state index contributed by atoms with van der Waals surface area (Å²) in [5.74, 6) is -0.299. The fourth-order valence-corrected chi connectivity index (χ4v) is 3.01. The zero-order chi connectivity index (χ0) is 14.4. The van der Waals surface area contributed by atoms with Crippen LogP contribution in [0.5, 0.6) is 0 Å². The molecule has 6 heteroatoms. The number of β-amino-alcohol motifs (C(OH)–C–C–N with tert-alkyl or cyclic N) is 1. The van der Waals surface area contributed by atoms with E-state index in [9.17, 15) is 14.7 Å². The maximum absolute atomic E-state index is 11.8. The van der Waals surface area contributed by atoms with Gasteiger partial charge < -0.3 is 10.4 Å². The molecule has 20 heavy (non-hydrogen) atoms. The summed E-state index contributed by atoms with van der Waals surface area (Å²) in [6.45, 7) is 1.49. The van der Waals surface area contributed by atoms with Crippen molar-refractivity contribution >= 4 is 11.9 Å². The molecule has 1 heterocycles. The van der Waals surface area contributed by atoms with Crippen molar-refractivity contribution in [3.8, 4) is 0 Å². The zero-order valence-electron chi connectivity index (χ0n) is 11.9. The van der Waals surface area contributed by atoms with Gasteiger partial charge in [-0.3, -0.25) is 15.0 Å². The summed E-state index contributed by atoms with van der Waals surface area (Å²) in [6.07, 6.45) is 6.85. The van der Waals surface area contributed by atoms with Gasteiger partial charge in [-0.2, -0.15) is 0 Å². The predicted octanol–water partition coefficient (Wildman–Crippen LogP) is 0.602. The van der Waals surface area contributed by atoms with Crippen LogP contribution >= 0.6 is 0 Å². The second-order valence-electron chi connectivity index (χ2n) is 5.89. The Morgan fingerprint density at radius 1 is 1.10 bits per heavy atom. The van der Waals surface area contributed by atoms with Crippen molar-refractivity contribution in [2.45, 2.75) is 57.1 Å². The number of nitrogens with zero attached hydrogens (tertiary/aromatic N) is 1. The lowest BCUT2D eigenvalue weighted by molar-refractivity contribution is -0.121. The second kappa shape index (κ2) is 7.59. The highest BCUT2D eigenvalue weighted by molar-refractivity contribution is 5.95. The Balaban J connectivity index is 1.66. The van der Waals surface area contributed by atoms with E-state index in [-0.39, 0.29) is 30.6 Å². The monoisotopic (exact) mass is 283 g/mol. The van der Waals surface area contributed by atoms with Crippen LogP contribution in [0, 0.1) is 0 Å². The standard InChI is InChI=1S/C14H25N3O3/c18-12-7-4-8-17(9-12)10-13(19)16-14(20)15-11-5-2-1-3-6-11/h11-12,18H,1-10H2,(H2,15,16,19,20)/t12-/m0/s1. The van der Waals surface area contributed by atoms with Gasteiger partial charge in [-0.25, -0.2) is 4.79 Å². The molecule has 1 saturated carbocycles. The van der Waals surface area contributed by atoms with E-state index in [1.165, 1.54) is 6.42 Å². The van der Waals surface area contributed by atoms with Crippen molar-refractivity contribution in [1.82, 2.24) is 15.5 Å². The molecular weight excluding hydrogens is 258 g/mol. The maximum Gasteiger partial charge on any atom is 0.321 e. The molecule has 0 unspecified atom stereocenters. The molecular formula is C14H25N3O3. The van der Waals surface area contributed by atoms with E-state index in [1.54, 1.807) is 0 Å². The summed E-state index contributed by atoms with van der Waals surface area (Å²) in [6, 6.07) is -0.187. The number of aliphatic hydroxyl groups excluding tert-OH is 1. The summed E-state index contributed by atoms with van der Waals surface area (Å²) in [5.41, 5.74) is 0. The predicted molar refractivity (Wildman–Crippen MR) is 75.2 cm³/mol. The highest BCUT2D eigenvalue weighted by Crippen LogP contribution is 2.17. The van der Waals surface area contributed by atoms with Gasteiger partial charge in [0.1, 0.15) is 0 Å². The lowest BCUT2D eigenvalue weighted by Gasteiger charge is -2.29. The van der Waals surface area contributed by atoms with Crippen molar-refractivity contribution < 1.29 is 14.7 Å². The number of nitrogens with one attached hydrogen (secondary N) is 2. The number of hydrogen-bond donors (Lipinski definition) is 3. The quantitative estimate of drug-likeness (QED) is 0.708. The van der Waals surface area contributed by atoms with Crippen molar-refractivity contribution in [2.75, 3.05) is 19.6 Å². The number of hydrogen-bond acceptors (Lipinski definition) is 4. The van der Waals surface area contributed by atoms with Gasteiger partial charge in [-0.15, -0.1) is 0 Å². The normalized spacial score (nSPS) is 25.1. The number of rotatable bonds is 3. The first kappa shape index (κ1) is 15.3. The molecule has 2 aliphatic rings. The third-order valence-corrected chi connectivity index (χ3v) is 4.04. The number of carbonyl (C=O) groups is 2. The highest BCUT2D eigenvalue weighted by Gasteiger charge is 2.21. The summed E-state index contributed by atoms with van der Waals surface area (Å²) in [4.78, 5) is 25.4. The zero-order valence-corrected chi connectivity index (χ0v) is 11.9. The Kier molecular flexibility index (Phi) is 5.79. The van der Waals surface area contributed by atoms with E-state index < -0.39 is 0 Å². The first-order valence-corrected chi connectivity index (χ1v) is 7.64. The summed E-state index contributed by atoms with van der Waals surface area (Å²) >= 11 is 0. The molecule has 0 aromatic carbocycles. The van der Waals surface area contributed by atoms with Crippen LogP contribution in [0.2, 0.25) is 0 Å². The van der Waals surface area contributed by atoms with Gasteiger partial charge in [0.15, 0.2) is 0 Å². The van der Waals surface area contributed by atoms with Gasteiger partial charge in [0.2, 0.25) is 5.91 Å². The van der Waals surface area contributed by atoms with Gasteiger partial charge in [0.05, 0.1) is 12.6 Å². The van der Waals surface area contributed by atoms with Crippen molar-refractivity contribution in [3.05, 3.63) is 0 Å². The maximum atomic E-state index is 11.8. The summed E-state index contributed by atoms with van der Waals surface area (Å²) < 4.78 is 0. The van der Waals surface area contributed by atoms with Gasteiger partial charge in [-0.1, -0.05) is 19.3 Å². The minimum atomic E-state index is -0.389. The Bertz CT molecular complexity index is 343. The molecule has 1 atom stereocenters. The van der Waals surface area contributed by atoms with Gasteiger partial charge in [-0.05, 0) is 32.2 Å². The van der Waals surface area contributed by atoms with E-state index in [2.05, 4.69) is 10.6 Å². The number of urea groups is 1. The molecule has 114 valence electrons. The minimum absolute atomic E-state index is 0.176. The largest absolute Gasteiger partial charge is 0.392 e. The van der Waals surface area contributed by atoms with Crippen LogP contribution in [0.4, 0.5) is 4.79 Å². The Hall–Kier alpha value is -1.14. The third kappa shape index (κ3) is 5.09. The number of likely N-dealkylation sites (tertiary alicyclic amines) is 1. The molecule has 1 aliphatic heterocycles. The molecule has 0 aromatic rings. The Labute approximate surface area is 119 Å². The summed E-state index contributed by atoms with van der Waals surface area (Å²) in [7, 11) is 0. The number of carbonyl (C=O) groups excluding carboxylic acids is 2. The first-order valence-electron chi connectivity index (χ1n) is 7.64. The van der Waals surface area contributed by atoms with Crippen LogP contribution in [0.25, 0.3) is 0 Å². The summed E-state index contributed by atoms with van der Waals surface area (Å²) in [5, 5.41) is 14.8. The van der Waals surface area contributed by atoms with Crippen molar-refractivity contribution in [3.63, 3.8) is 0 Å². The molecule has 3 N–H and O–H groups in total. The second-order valence-corrected chi connectivity index (χ2v) is 5.89. The number of amides is 3. The molecule has 3 amide bonds. The van der Waals surface area contributed by atoms with Crippen LogP contribution in [-0.4, -0.2) is 53.7 Å². The van der Waals surface area contributed by atoms with Gasteiger partial charge >= 0.3 is 6.03 Å². The molecule has 0 radical (unpaired) electrons. The average Bonchev–Trinajstić information content (AvgIpc) is 2.39. The van der Waals surface area contributed by atoms with Crippen LogP contribution in [0.1, 0.15) is 44.9 Å². The molecule has 2 rings (SSSR count). The topological polar surface area (TPSA) is 81.7 Å². The van der Waals surface area contributed by atoms with Gasteiger partial charge in [0.25, 0.3) is 0 Å². The fraction of sp³-hybridized carbons (Fsp3) is 0.857. The highest BCUT2D eigenvalue weighted by atomic mass is 16.3. The van der Waals surface area contributed by atoms with E-state index in [1.807, 2.05) is 4.90 Å². The SMILES string of the molecule is O=C(CN1CCC[C@H](O)C1)NC(=O)NC1CCCCC1. The number of aliphatic hydroxyl groups is 1. The van der Waals surface area contributed by atoms with Crippen molar-refractivity contribution in [1.29, 1.82) is 0 Å². The van der Waals surface area contributed by atoms with Crippen LogP contribution in [0.3, 0.4) is 0 Å². The fourth-order valence-electron chi connectivity index (χ4n) is 3.01. The van der Waals surface area contributed by atoms with Gasteiger partial charge in [0, 0.05) is 12.6 Å². The molecule has 0 aromatic heterocycles. The molecule has 0 bridgehead atoms.